The molecule has 2 aliphatic heterocycles. The number of nitrogens with zero attached hydrogens (tertiary/aromatic N) is 4. The van der Waals surface area contributed by atoms with Gasteiger partial charge in [-0.2, -0.15) is 0 Å². The normalized spacial score (nSPS) is 22.1. The minimum atomic E-state index is -1.16. The molecule has 4 bridgehead atoms. The summed E-state index contributed by atoms with van der Waals surface area (Å²) in [6, 6.07) is 3.67. The van der Waals surface area contributed by atoms with Crippen molar-refractivity contribution in [2.45, 2.75) is 64.3 Å². The highest BCUT2D eigenvalue weighted by Crippen LogP contribution is 2.20. The predicted molar refractivity (Wildman–Crippen MR) is 146 cm³/mol. The fourth-order valence-electron chi connectivity index (χ4n) is 4.62. The number of rotatable bonds is 2. The van der Waals surface area contributed by atoms with Gasteiger partial charge in [0, 0.05) is 50.8 Å². The first-order valence-electron chi connectivity index (χ1n) is 13.2. The summed E-state index contributed by atoms with van der Waals surface area (Å²) >= 11 is 0. The van der Waals surface area contributed by atoms with Crippen molar-refractivity contribution >= 4 is 30.1 Å². The molecule has 0 unspecified atom stereocenters. The van der Waals surface area contributed by atoms with Crippen LogP contribution in [0, 0.1) is 6.92 Å². The molecule has 1 fully saturated rings. The van der Waals surface area contributed by atoms with Crippen molar-refractivity contribution in [3.63, 3.8) is 0 Å². The maximum absolute atomic E-state index is 13.2. The lowest BCUT2D eigenvalue weighted by Gasteiger charge is -2.26. The van der Waals surface area contributed by atoms with Crippen LogP contribution < -0.4 is 20.7 Å². The Bertz CT molecular complexity index is 1140. The van der Waals surface area contributed by atoms with Gasteiger partial charge in [0.15, 0.2) is 0 Å². The van der Waals surface area contributed by atoms with Crippen LogP contribution in [0.2, 0.25) is 0 Å². The monoisotopic (exact) mass is 563 g/mol. The molecule has 0 radical (unpaired) electrons. The molecule has 3 heterocycles. The molecule has 1 aromatic heterocycles. The van der Waals surface area contributed by atoms with E-state index in [0.717, 1.165) is 30.6 Å². The minimum absolute atomic E-state index is 0. The second-order valence-electron chi connectivity index (χ2n) is 9.86. The van der Waals surface area contributed by atoms with Crippen LogP contribution in [-0.4, -0.2) is 93.7 Å². The van der Waals surface area contributed by atoms with E-state index in [1.807, 2.05) is 13.1 Å². The van der Waals surface area contributed by atoms with Crippen LogP contribution in [0.5, 0.6) is 5.75 Å². The Labute approximate surface area is 234 Å². The highest BCUT2D eigenvalue weighted by Gasteiger charge is 2.29. The average molecular weight is 564 g/mol. The Balaban J connectivity index is 0.00000420. The number of fused-ring (bicyclic) bond motifs is 4. The van der Waals surface area contributed by atoms with E-state index in [1.54, 1.807) is 27.8 Å². The Morgan fingerprint density at radius 2 is 2.00 bits per heavy atom. The predicted octanol–water partition coefficient (Wildman–Crippen LogP) is 0.210. The van der Waals surface area contributed by atoms with Crippen LogP contribution >= 0.6 is 12.4 Å². The van der Waals surface area contributed by atoms with E-state index in [0.29, 0.717) is 43.9 Å². The van der Waals surface area contributed by atoms with E-state index in [4.69, 9.17) is 4.74 Å². The number of aliphatic hydroxyl groups excluding tert-OH is 1. The zero-order valence-electron chi connectivity index (χ0n) is 22.4. The summed E-state index contributed by atoms with van der Waals surface area (Å²) in [5.74, 6) is -0.463. The molecule has 214 valence electrons. The summed E-state index contributed by atoms with van der Waals surface area (Å²) in [4.78, 5) is 40.8. The fraction of sp³-hybridized carbons (Fsp3) is 0.577. The highest BCUT2D eigenvalue weighted by molar-refractivity contribution is 5.98. The quantitative estimate of drug-likeness (QED) is 0.405. The lowest BCUT2D eigenvalue weighted by molar-refractivity contribution is -0.133. The largest absolute Gasteiger partial charge is 0.493 e. The van der Waals surface area contributed by atoms with Crippen LogP contribution in [0.3, 0.4) is 0 Å². The van der Waals surface area contributed by atoms with Crippen LogP contribution in [0.25, 0.3) is 0 Å². The SMILES string of the molecule is Cc1ccc2cc1OCCCn1cc(nn1)CCN(C(=O)[C@H]1CCCN1)CCNC(=O)[C@H]([C@@H](C)O)NC2=O.Cl. The summed E-state index contributed by atoms with van der Waals surface area (Å²) in [6.07, 6.45) is 3.68. The Morgan fingerprint density at radius 1 is 1.18 bits per heavy atom. The van der Waals surface area contributed by atoms with Crippen LogP contribution in [0.4, 0.5) is 0 Å². The van der Waals surface area contributed by atoms with Crippen molar-refractivity contribution in [3.05, 3.63) is 41.2 Å². The third kappa shape index (κ3) is 8.13. The number of hydrogen-bond donors (Lipinski definition) is 4. The lowest BCUT2D eigenvalue weighted by atomic mass is 10.1. The molecule has 13 heteroatoms. The Kier molecular flexibility index (Phi) is 11.1. The van der Waals surface area contributed by atoms with E-state index in [9.17, 15) is 19.5 Å². The number of halogens is 1. The molecule has 0 spiro atoms. The van der Waals surface area contributed by atoms with Gasteiger partial charge in [-0.3, -0.25) is 19.1 Å². The zero-order chi connectivity index (χ0) is 27.1. The van der Waals surface area contributed by atoms with Gasteiger partial charge >= 0.3 is 0 Å². The van der Waals surface area contributed by atoms with Gasteiger partial charge in [0.25, 0.3) is 5.91 Å². The first-order valence-corrected chi connectivity index (χ1v) is 13.2. The zero-order valence-corrected chi connectivity index (χ0v) is 23.2. The molecule has 1 aromatic carbocycles. The summed E-state index contributed by atoms with van der Waals surface area (Å²) < 4.78 is 7.68. The van der Waals surface area contributed by atoms with Crippen LogP contribution in [0.1, 0.15) is 47.8 Å². The number of hydrogen-bond acceptors (Lipinski definition) is 8. The molecule has 0 aliphatic carbocycles. The number of aromatic nitrogens is 3. The number of ether oxygens (including phenoxy) is 1. The van der Waals surface area contributed by atoms with Crippen molar-refractivity contribution in [2.75, 3.05) is 32.8 Å². The van der Waals surface area contributed by atoms with E-state index in [-0.39, 0.29) is 37.4 Å². The second kappa shape index (κ2) is 14.2. The number of benzene rings is 1. The van der Waals surface area contributed by atoms with Crippen molar-refractivity contribution in [1.82, 2.24) is 35.8 Å². The first kappa shape index (κ1) is 30.3. The van der Waals surface area contributed by atoms with Gasteiger partial charge in [-0.15, -0.1) is 17.5 Å². The average Bonchev–Trinajstić information content (AvgIpc) is 3.59. The van der Waals surface area contributed by atoms with Gasteiger partial charge in [0.2, 0.25) is 11.8 Å². The van der Waals surface area contributed by atoms with Crippen LogP contribution in [-0.2, 0) is 22.6 Å². The number of aliphatic hydroxyl groups is 1. The topological polar surface area (TPSA) is 151 Å². The van der Waals surface area contributed by atoms with E-state index >= 15 is 0 Å². The minimum Gasteiger partial charge on any atom is -0.493 e. The number of nitrogens with one attached hydrogen (secondary N) is 3. The van der Waals surface area contributed by atoms with Crippen molar-refractivity contribution in [3.8, 4) is 5.75 Å². The van der Waals surface area contributed by atoms with Gasteiger partial charge in [0.05, 0.1) is 24.4 Å². The molecule has 4 N–H and O–H groups in total. The third-order valence-electron chi connectivity index (χ3n) is 6.87. The lowest BCUT2D eigenvalue weighted by Crippen LogP contribution is -2.54. The van der Waals surface area contributed by atoms with Crippen molar-refractivity contribution in [1.29, 1.82) is 0 Å². The van der Waals surface area contributed by atoms with E-state index in [1.165, 1.54) is 6.92 Å². The van der Waals surface area contributed by atoms with Gasteiger partial charge < -0.3 is 30.7 Å². The maximum atomic E-state index is 13.2. The Hall–Kier alpha value is -3.22. The number of carbonyl (C=O) groups excluding carboxylic acids is 3. The summed E-state index contributed by atoms with van der Waals surface area (Å²) in [7, 11) is 0. The van der Waals surface area contributed by atoms with Crippen LogP contribution in [0.15, 0.2) is 24.4 Å². The summed E-state index contributed by atoms with van der Waals surface area (Å²) in [6.45, 7) is 6.06. The molecule has 3 amide bonds. The fourth-order valence-corrected chi connectivity index (χ4v) is 4.62. The molecular formula is C26H38ClN7O5. The number of carbonyl (C=O) groups is 3. The van der Waals surface area contributed by atoms with Crippen molar-refractivity contribution in [2.24, 2.45) is 0 Å². The van der Waals surface area contributed by atoms with Crippen molar-refractivity contribution < 1.29 is 24.2 Å². The smallest absolute Gasteiger partial charge is 0.252 e. The third-order valence-corrected chi connectivity index (χ3v) is 6.87. The molecule has 3 atom stereocenters. The molecule has 2 aromatic rings. The highest BCUT2D eigenvalue weighted by atomic mass is 35.5. The molecule has 12 nitrogen and oxygen atoms in total. The van der Waals surface area contributed by atoms with Gasteiger partial charge in [-0.1, -0.05) is 11.3 Å². The molecule has 1 saturated heterocycles. The number of amides is 3. The summed E-state index contributed by atoms with van der Waals surface area (Å²) in [5.41, 5.74) is 1.98. The Morgan fingerprint density at radius 3 is 2.74 bits per heavy atom. The molecule has 4 rings (SSSR count). The number of aryl methyl sites for hydroxylation is 2. The maximum Gasteiger partial charge on any atom is 0.252 e. The molecule has 2 aliphatic rings. The van der Waals surface area contributed by atoms with Gasteiger partial charge in [-0.25, -0.2) is 0 Å². The molecule has 0 saturated carbocycles. The second-order valence-corrected chi connectivity index (χ2v) is 9.86. The molecule has 39 heavy (non-hydrogen) atoms. The van der Waals surface area contributed by atoms with E-state index in [2.05, 4.69) is 26.3 Å². The summed E-state index contributed by atoms with van der Waals surface area (Å²) in [5, 5.41) is 27.3. The molecular weight excluding hydrogens is 526 g/mol. The van der Waals surface area contributed by atoms with E-state index < -0.39 is 24.0 Å². The van der Waals surface area contributed by atoms with Gasteiger partial charge in [-0.05, 0) is 50.9 Å². The van der Waals surface area contributed by atoms with Gasteiger partial charge in [0.1, 0.15) is 11.8 Å². The standard InChI is InChI=1S/C26H37N7O5.ClH/c1-17-6-7-19-15-22(17)38-14-4-11-33-16-20(30-31-33)8-12-32(26(37)21-5-3-9-27-21)13-10-28-25(36)23(18(2)34)29-24(19)35;/h6-7,15-16,18,21,23,27,34H,3-5,8-14H2,1-2H3,(H,28,36)(H,29,35);1H/t18-,21-,23+;/m1./s1. The first-order chi connectivity index (χ1) is 18.3.